The molecular formula is C21H26N2O2. The van der Waals surface area contributed by atoms with Crippen LogP contribution in [0.1, 0.15) is 55.5 Å². The number of fused-ring (bicyclic) bond motifs is 1. The molecule has 1 aliphatic rings. The van der Waals surface area contributed by atoms with Crippen molar-refractivity contribution in [1.82, 2.24) is 9.88 Å². The lowest BCUT2D eigenvalue weighted by Gasteiger charge is -2.33. The Morgan fingerprint density at radius 3 is 2.72 bits per heavy atom. The number of rotatable bonds is 6. The Morgan fingerprint density at radius 2 is 2.00 bits per heavy atom. The number of amides is 1. The van der Waals surface area contributed by atoms with Crippen molar-refractivity contribution in [2.24, 2.45) is 0 Å². The molecule has 0 aliphatic carbocycles. The molecule has 0 radical (unpaired) electrons. The van der Waals surface area contributed by atoms with Gasteiger partial charge in [-0.25, -0.2) is 0 Å². The van der Waals surface area contributed by atoms with Gasteiger partial charge in [0.2, 0.25) is 5.91 Å². The van der Waals surface area contributed by atoms with Gasteiger partial charge < -0.3 is 9.64 Å². The van der Waals surface area contributed by atoms with Gasteiger partial charge in [-0.15, -0.1) is 0 Å². The minimum absolute atomic E-state index is 0.0827. The van der Waals surface area contributed by atoms with Crippen molar-refractivity contribution in [3.05, 3.63) is 65.5 Å². The van der Waals surface area contributed by atoms with Crippen LogP contribution < -0.4 is 0 Å². The summed E-state index contributed by atoms with van der Waals surface area (Å²) < 4.78 is 5.93. The molecule has 0 saturated carbocycles. The molecule has 3 rings (SSSR count). The van der Waals surface area contributed by atoms with Crippen molar-refractivity contribution < 1.29 is 9.53 Å². The van der Waals surface area contributed by atoms with E-state index in [1.54, 1.807) is 12.4 Å². The quantitative estimate of drug-likeness (QED) is 0.797. The predicted molar refractivity (Wildman–Crippen MR) is 98.1 cm³/mol. The van der Waals surface area contributed by atoms with Gasteiger partial charge in [-0.05, 0) is 48.6 Å². The van der Waals surface area contributed by atoms with Crippen molar-refractivity contribution in [2.75, 3.05) is 13.2 Å². The number of carbonyl (C=O) groups is 1. The van der Waals surface area contributed by atoms with Crippen molar-refractivity contribution in [3.63, 3.8) is 0 Å². The molecule has 132 valence electrons. The van der Waals surface area contributed by atoms with E-state index in [9.17, 15) is 4.79 Å². The zero-order chi connectivity index (χ0) is 17.6. The molecule has 1 aliphatic heterocycles. The van der Waals surface area contributed by atoms with Crippen LogP contribution in [0.4, 0.5) is 0 Å². The molecule has 0 spiro atoms. The van der Waals surface area contributed by atoms with Crippen LogP contribution in [0.15, 0.2) is 48.8 Å². The van der Waals surface area contributed by atoms with Gasteiger partial charge in [0.15, 0.2) is 0 Å². The van der Waals surface area contributed by atoms with Crippen LogP contribution in [0.5, 0.6) is 0 Å². The smallest absolute Gasteiger partial charge is 0.226 e. The van der Waals surface area contributed by atoms with E-state index in [4.69, 9.17) is 4.74 Å². The molecule has 1 amide bonds. The fraction of sp³-hybridized carbons (Fsp3) is 0.429. The molecule has 0 bridgehead atoms. The summed E-state index contributed by atoms with van der Waals surface area (Å²) in [5.41, 5.74) is 3.60. The molecule has 1 aromatic carbocycles. The van der Waals surface area contributed by atoms with E-state index >= 15 is 0 Å². The molecule has 25 heavy (non-hydrogen) atoms. The molecular weight excluding hydrogens is 312 g/mol. The SMILES string of the molecule is CC[C@@H](c1ccncc1)N(CC)C(=O)C[C@@H]1OCCc2ccccc21. The summed E-state index contributed by atoms with van der Waals surface area (Å²) in [5, 5.41) is 0. The van der Waals surface area contributed by atoms with E-state index in [1.165, 1.54) is 5.56 Å². The number of nitrogens with zero attached hydrogens (tertiary/aromatic N) is 2. The molecule has 2 heterocycles. The lowest BCUT2D eigenvalue weighted by Crippen LogP contribution is -2.36. The standard InChI is InChI=1S/C21H26N2O2/c1-3-19(17-9-12-22-13-10-17)23(4-2)21(24)15-20-18-8-6-5-7-16(18)11-14-25-20/h5-10,12-13,19-20H,3-4,11,14-15H2,1-2H3/t19-,20-/m0/s1. The number of pyridine rings is 1. The second kappa shape index (κ2) is 8.26. The monoisotopic (exact) mass is 338 g/mol. The Bertz CT molecular complexity index is 702. The summed E-state index contributed by atoms with van der Waals surface area (Å²) in [6.45, 7) is 5.53. The number of aromatic nitrogens is 1. The van der Waals surface area contributed by atoms with Crippen LogP contribution in [0, 0.1) is 0 Å². The van der Waals surface area contributed by atoms with Gasteiger partial charge in [-0.2, -0.15) is 0 Å². The number of hydrogen-bond acceptors (Lipinski definition) is 3. The van der Waals surface area contributed by atoms with Crippen LogP contribution in [0.25, 0.3) is 0 Å². The summed E-state index contributed by atoms with van der Waals surface area (Å²) in [6, 6.07) is 12.4. The molecule has 0 fully saturated rings. The van der Waals surface area contributed by atoms with Crippen LogP contribution in [0.3, 0.4) is 0 Å². The first-order chi connectivity index (χ1) is 12.2. The van der Waals surface area contributed by atoms with Gasteiger partial charge in [0, 0.05) is 18.9 Å². The highest BCUT2D eigenvalue weighted by molar-refractivity contribution is 5.77. The van der Waals surface area contributed by atoms with Gasteiger partial charge in [-0.1, -0.05) is 31.2 Å². The van der Waals surface area contributed by atoms with Gasteiger partial charge in [0.05, 0.1) is 25.2 Å². The normalized spacial score (nSPS) is 17.6. The Hall–Kier alpha value is -2.20. The predicted octanol–water partition coefficient (Wildman–Crippen LogP) is 4.09. The third-order valence-electron chi connectivity index (χ3n) is 4.97. The summed E-state index contributed by atoms with van der Waals surface area (Å²) in [5.74, 6) is 0.146. The van der Waals surface area contributed by atoms with Crippen molar-refractivity contribution in [2.45, 2.75) is 45.3 Å². The average molecular weight is 338 g/mol. The van der Waals surface area contributed by atoms with E-state index in [1.807, 2.05) is 30.0 Å². The van der Waals surface area contributed by atoms with E-state index in [0.29, 0.717) is 19.6 Å². The van der Waals surface area contributed by atoms with Gasteiger partial charge in [0.25, 0.3) is 0 Å². The number of benzene rings is 1. The zero-order valence-corrected chi connectivity index (χ0v) is 15.0. The van der Waals surface area contributed by atoms with Crippen molar-refractivity contribution in [3.8, 4) is 0 Å². The van der Waals surface area contributed by atoms with E-state index in [0.717, 1.165) is 24.0 Å². The summed E-state index contributed by atoms with van der Waals surface area (Å²) in [4.78, 5) is 19.1. The Morgan fingerprint density at radius 1 is 1.24 bits per heavy atom. The maximum atomic E-state index is 13.1. The van der Waals surface area contributed by atoms with Gasteiger partial charge in [0.1, 0.15) is 0 Å². The fourth-order valence-corrected chi connectivity index (χ4v) is 3.71. The Balaban J connectivity index is 1.77. The average Bonchev–Trinajstić information content (AvgIpc) is 2.67. The first-order valence-corrected chi connectivity index (χ1v) is 9.13. The lowest BCUT2D eigenvalue weighted by atomic mass is 9.95. The van der Waals surface area contributed by atoms with Gasteiger partial charge >= 0.3 is 0 Å². The molecule has 0 saturated heterocycles. The number of hydrogen-bond donors (Lipinski definition) is 0. The third kappa shape index (κ3) is 3.90. The lowest BCUT2D eigenvalue weighted by molar-refractivity contribution is -0.137. The minimum Gasteiger partial charge on any atom is -0.373 e. The number of carbonyl (C=O) groups excluding carboxylic acids is 1. The first kappa shape index (κ1) is 17.6. The Labute approximate surface area is 149 Å². The van der Waals surface area contributed by atoms with E-state index in [2.05, 4.69) is 30.1 Å². The number of ether oxygens (including phenoxy) is 1. The zero-order valence-electron chi connectivity index (χ0n) is 15.0. The molecule has 1 aromatic heterocycles. The molecule has 2 aromatic rings. The second-order valence-electron chi connectivity index (χ2n) is 6.40. The van der Waals surface area contributed by atoms with Crippen molar-refractivity contribution in [1.29, 1.82) is 0 Å². The van der Waals surface area contributed by atoms with Crippen molar-refractivity contribution >= 4 is 5.91 Å². The fourth-order valence-electron chi connectivity index (χ4n) is 3.71. The summed E-state index contributed by atoms with van der Waals surface area (Å²) >= 11 is 0. The highest BCUT2D eigenvalue weighted by Gasteiger charge is 2.28. The summed E-state index contributed by atoms with van der Waals surface area (Å²) in [7, 11) is 0. The molecule has 4 heteroatoms. The van der Waals surface area contributed by atoms with Gasteiger partial charge in [-0.3, -0.25) is 9.78 Å². The van der Waals surface area contributed by atoms with Crippen LogP contribution in [-0.4, -0.2) is 28.9 Å². The van der Waals surface area contributed by atoms with Crippen LogP contribution in [0.2, 0.25) is 0 Å². The topological polar surface area (TPSA) is 42.4 Å². The second-order valence-corrected chi connectivity index (χ2v) is 6.40. The van der Waals surface area contributed by atoms with Crippen LogP contribution in [-0.2, 0) is 16.0 Å². The van der Waals surface area contributed by atoms with E-state index < -0.39 is 0 Å². The largest absolute Gasteiger partial charge is 0.373 e. The highest BCUT2D eigenvalue weighted by Crippen LogP contribution is 2.32. The third-order valence-corrected chi connectivity index (χ3v) is 4.97. The van der Waals surface area contributed by atoms with E-state index in [-0.39, 0.29) is 18.1 Å². The maximum absolute atomic E-state index is 13.1. The Kier molecular flexibility index (Phi) is 5.82. The molecule has 0 N–H and O–H groups in total. The minimum atomic E-state index is -0.138. The molecule has 2 atom stereocenters. The molecule has 0 unspecified atom stereocenters. The molecule has 4 nitrogen and oxygen atoms in total. The maximum Gasteiger partial charge on any atom is 0.226 e. The van der Waals surface area contributed by atoms with Crippen LogP contribution >= 0.6 is 0 Å². The highest BCUT2D eigenvalue weighted by atomic mass is 16.5. The first-order valence-electron chi connectivity index (χ1n) is 9.13. The summed E-state index contributed by atoms with van der Waals surface area (Å²) in [6.07, 6.45) is 5.64.